The number of hydrogen-bond donors (Lipinski definition) is 1. The fourth-order valence-electron chi connectivity index (χ4n) is 3.56. The molecule has 3 heterocycles. The van der Waals surface area contributed by atoms with Crippen LogP contribution in [-0.4, -0.2) is 46.6 Å². The number of halogens is 1. The van der Waals surface area contributed by atoms with Crippen LogP contribution >= 0.6 is 22.9 Å². The second kappa shape index (κ2) is 10.2. The molecule has 0 atom stereocenters. The molecule has 2 aromatic heterocycles. The van der Waals surface area contributed by atoms with Crippen LogP contribution in [0.5, 0.6) is 0 Å². The number of likely N-dealkylation sites (tertiary alicyclic amines) is 1. The van der Waals surface area contributed by atoms with Crippen LogP contribution in [0.3, 0.4) is 0 Å². The average molecular weight is 475 g/mol. The first-order valence-electron chi connectivity index (χ1n) is 10.4. The van der Waals surface area contributed by atoms with Crippen molar-refractivity contribution in [3.63, 3.8) is 0 Å². The lowest BCUT2D eigenvalue weighted by Crippen LogP contribution is -2.37. The molecular formula is C22H23ClN4O4S. The number of rotatable bonds is 7. The smallest absolute Gasteiger partial charge is 0.338 e. The quantitative estimate of drug-likeness (QED) is 0.504. The van der Waals surface area contributed by atoms with Gasteiger partial charge in [-0.25, -0.2) is 4.79 Å². The minimum absolute atomic E-state index is 0.0757. The number of carbonyl (C=O) groups excluding carboxylic acids is 2. The number of aromatic nitrogens is 2. The Kier molecular flexibility index (Phi) is 7.19. The van der Waals surface area contributed by atoms with E-state index >= 15 is 0 Å². The highest BCUT2D eigenvalue weighted by molar-refractivity contribution is 7.13. The second-order valence-corrected chi connectivity index (χ2v) is 8.80. The Balaban J connectivity index is 1.28. The van der Waals surface area contributed by atoms with Gasteiger partial charge in [0.15, 0.2) is 0 Å². The highest BCUT2D eigenvalue weighted by Crippen LogP contribution is 2.27. The molecule has 1 aromatic carbocycles. The van der Waals surface area contributed by atoms with Crippen molar-refractivity contribution in [2.75, 3.05) is 25.0 Å². The number of thiophene rings is 1. The van der Waals surface area contributed by atoms with Crippen molar-refractivity contribution in [1.82, 2.24) is 15.0 Å². The SMILES string of the molecule is CCOC(=O)c1ccc(NC(=O)C2CCN(Cc3nc(-c4cccs4)no3)CC2)c(Cl)c1. The van der Waals surface area contributed by atoms with Gasteiger partial charge in [-0.2, -0.15) is 4.98 Å². The molecule has 32 heavy (non-hydrogen) atoms. The van der Waals surface area contributed by atoms with Gasteiger partial charge in [-0.1, -0.05) is 22.8 Å². The number of piperidine rings is 1. The third kappa shape index (κ3) is 5.35. The molecular weight excluding hydrogens is 452 g/mol. The summed E-state index contributed by atoms with van der Waals surface area (Å²) >= 11 is 7.83. The van der Waals surface area contributed by atoms with E-state index in [2.05, 4.69) is 20.4 Å². The van der Waals surface area contributed by atoms with Crippen LogP contribution in [0.15, 0.2) is 40.2 Å². The number of benzene rings is 1. The topological polar surface area (TPSA) is 97.6 Å². The number of nitrogens with zero attached hydrogens (tertiary/aromatic N) is 3. The van der Waals surface area contributed by atoms with E-state index in [-0.39, 0.29) is 18.4 Å². The zero-order chi connectivity index (χ0) is 22.5. The molecule has 1 N–H and O–H groups in total. The largest absolute Gasteiger partial charge is 0.462 e. The number of esters is 1. The number of amides is 1. The predicted octanol–water partition coefficient (Wildman–Crippen LogP) is 4.48. The van der Waals surface area contributed by atoms with Crippen LogP contribution in [0.25, 0.3) is 10.7 Å². The molecule has 1 aliphatic rings. The average Bonchev–Trinajstić information content (AvgIpc) is 3.48. The number of carbonyl (C=O) groups is 2. The summed E-state index contributed by atoms with van der Waals surface area (Å²) in [6.45, 7) is 4.10. The summed E-state index contributed by atoms with van der Waals surface area (Å²) in [6, 6.07) is 8.64. The fourth-order valence-corrected chi connectivity index (χ4v) is 4.44. The molecule has 1 amide bonds. The van der Waals surface area contributed by atoms with Crippen LogP contribution in [0.4, 0.5) is 5.69 Å². The van der Waals surface area contributed by atoms with E-state index in [1.165, 1.54) is 6.07 Å². The molecule has 168 valence electrons. The van der Waals surface area contributed by atoms with Crippen molar-refractivity contribution in [2.45, 2.75) is 26.3 Å². The van der Waals surface area contributed by atoms with Crippen molar-refractivity contribution >= 4 is 40.5 Å². The summed E-state index contributed by atoms with van der Waals surface area (Å²) in [5.74, 6) is 0.549. The van der Waals surface area contributed by atoms with Crippen LogP contribution in [0.1, 0.15) is 36.0 Å². The first-order valence-corrected chi connectivity index (χ1v) is 11.7. The minimum atomic E-state index is -0.441. The van der Waals surface area contributed by atoms with Crippen LogP contribution in [0, 0.1) is 5.92 Å². The van der Waals surface area contributed by atoms with Gasteiger partial charge in [0.05, 0.1) is 34.3 Å². The Hall–Kier alpha value is -2.75. The van der Waals surface area contributed by atoms with E-state index in [9.17, 15) is 9.59 Å². The van der Waals surface area contributed by atoms with Crippen molar-refractivity contribution < 1.29 is 18.8 Å². The summed E-state index contributed by atoms with van der Waals surface area (Å²) in [7, 11) is 0. The number of anilines is 1. The molecule has 0 saturated carbocycles. The van der Waals surface area contributed by atoms with Gasteiger partial charge in [0, 0.05) is 5.92 Å². The maximum Gasteiger partial charge on any atom is 0.338 e. The van der Waals surface area contributed by atoms with Gasteiger partial charge < -0.3 is 14.6 Å². The molecule has 1 fully saturated rings. The molecule has 3 aromatic rings. The van der Waals surface area contributed by atoms with Crippen molar-refractivity contribution in [1.29, 1.82) is 0 Å². The van der Waals surface area contributed by atoms with Crippen LogP contribution in [0.2, 0.25) is 5.02 Å². The molecule has 1 aliphatic heterocycles. The Labute approximate surface area is 194 Å². The van der Waals surface area contributed by atoms with Crippen LogP contribution in [-0.2, 0) is 16.1 Å². The van der Waals surface area contributed by atoms with E-state index in [0.29, 0.717) is 34.5 Å². The summed E-state index contributed by atoms with van der Waals surface area (Å²) in [5, 5.41) is 9.20. The number of nitrogens with one attached hydrogen (secondary N) is 1. The van der Waals surface area contributed by atoms with Crippen LogP contribution < -0.4 is 5.32 Å². The Bertz CT molecular complexity index is 1080. The van der Waals surface area contributed by atoms with Crippen molar-refractivity contribution in [3.05, 3.63) is 52.2 Å². The molecule has 1 saturated heterocycles. The Morgan fingerprint density at radius 3 is 2.81 bits per heavy atom. The van der Waals surface area contributed by atoms with E-state index in [4.69, 9.17) is 20.9 Å². The molecule has 0 bridgehead atoms. The molecule has 4 rings (SSSR count). The lowest BCUT2D eigenvalue weighted by Gasteiger charge is -2.30. The molecule has 8 nitrogen and oxygen atoms in total. The first-order chi connectivity index (χ1) is 15.5. The maximum atomic E-state index is 12.7. The normalized spacial score (nSPS) is 14.9. The third-order valence-electron chi connectivity index (χ3n) is 5.26. The first kappa shape index (κ1) is 22.4. The highest BCUT2D eigenvalue weighted by Gasteiger charge is 2.26. The van der Waals surface area contributed by atoms with Gasteiger partial charge in [0.25, 0.3) is 0 Å². The minimum Gasteiger partial charge on any atom is -0.462 e. The van der Waals surface area contributed by atoms with Gasteiger partial charge in [-0.15, -0.1) is 11.3 Å². The fraction of sp³-hybridized carbons (Fsp3) is 0.364. The number of ether oxygens (including phenoxy) is 1. The lowest BCUT2D eigenvalue weighted by atomic mass is 9.96. The third-order valence-corrected chi connectivity index (χ3v) is 6.44. The zero-order valence-electron chi connectivity index (χ0n) is 17.5. The molecule has 0 unspecified atom stereocenters. The zero-order valence-corrected chi connectivity index (χ0v) is 19.1. The molecule has 0 radical (unpaired) electrons. The monoisotopic (exact) mass is 474 g/mol. The summed E-state index contributed by atoms with van der Waals surface area (Å²) in [6.07, 6.45) is 1.44. The summed E-state index contributed by atoms with van der Waals surface area (Å²) < 4.78 is 10.3. The predicted molar refractivity (Wildman–Crippen MR) is 122 cm³/mol. The van der Waals surface area contributed by atoms with Crippen molar-refractivity contribution in [3.8, 4) is 10.7 Å². The molecule has 0 spiro atoms. The maximum absolute atomic E-state index is 12.7. The Morgan fingerprint density at radius 2 is 2.12 bits per heavy atom. The van der Waals surface area contributed by atoms with Gasteiger partial charge in [-0.05, 0) is 62.5 Å². The molecule has 0 aliphatic carbocycles. The van der Waals surface area contributed by atoms with E-state index in [1.807, 2.05) is 17.5 Å². The van der Waals surface area contributed by atoms with Gasteiger partial charge >= 0.3 is 5.97 Å². The van der Waals surface area contributed by atoms with Gasteiger partial charge in [0.1, 0.15) is 0 Å². The highest BCUT2D eigenvalue weighted by atomic mass is 35.5. The van der Waals surface area contributed by atoms with E-state index in [1.54, 1.807) is 30.4 Å². The summed E-state index contributed by atoms with van der Waals surface area (Å²) in [5.41, 5.74) is 0.838. The summed E-state index contributed by atoms with van der Waals surface area (Å²) in [4.78, 5) is 32.2. The van der Waals surface area contributed by atoms with Gasteiger partial charge in [-0.3, -0.25) is 9.69 Å². The molecule has 10 heteroatoms. The lowest BCUT2D eigenvalue weighted by molar-refractivity contribution is -0.121. The standard InChI is InChI=1S/C22H23ClN4O4S/c1-2-30-22(29)15-5-6-17(16(23)12-15)24-21(28)14-7-9-27(10-8-14)13-19-25-20(26-31-19)18-4-3-11-32-18/h3-6,11-12,14H,2,7-10,13H2,1H3,(H,24,28). The Morgan fingerprint density at radius 1 is 1.31 bits per heavy atom. The number of hydrogen-bond acceptors (Lipinski definition) is 8. The second-order valence-electron chi connectivity index (χ2n) is 7.44. The van der Waals surface area contributed by atoms with Gasteiger partial charge in [0.2, 0.25) is 17.6 Å². The van der Waals surface area contributed by atoms with E-state index < -0.39 is 5.97 Å². The van der Waals surface area contributed by atoms with Crippen molar-refractivity contribution in [2.24, 2.45) is 5.92 Å². The van der Waals surface area contributed by atoms with E-state index in [0.717, 1.165) is 30.8 Å².